The summed E-state index contributed by atoms with van der Waals surface area (Å²) in [5.74, 6) is 0.353. The molecule has 1 aliphatic heterocycles. The first-order valence-corrected chi connectivity index (χ1v) is 9.53. The molecule has 2 unspecified atom stereocenters. The fourth-order valence-electron chi connectivity index (χ4n) is 3.46. The van der Waals surface area contributed by atoms with E-state index < -0.39 is 0 Å². The first-order valence-electron chi connectivity index (χ1n) is 9.53. The number of nitrogens with one attached hydrogen (secondary N) is 1. The molecule has 0 radical (unpaired) electrons. The maximum absolute atomic E-state index is 12.8. The minimum atomic E-state index is -0.198. The smallest absolute Gasteiger partial charge is 0.225 e. The highest BCUT2D eigenvalue weighted by Crippen LogP contribution is 2.33. The Hall–Kier alpha value is -1.88. The average molecular weight is 360 g/mol. The van der Waals surface area contributed by atoms with E-state index in [2.05, 4.69) is 36.5 Å². The zero-order chi connectivity index (χ0) is 19.1. The number of carbonyl (C=O) groups is 2. The predicted octanol–water partition coefficient (Wildman–Crippen LogP) is 2.74. The molecule has 144 valence electrons. The number of hydrogen-bond donors (Lipinski definition) is 1. The Morgan fingerprint density at radius 3 is 2.54 bits per heavy atom. The van der Waals surface area contributed by atoms with Gasteiger partial charge in [-0.1, -0.05) is 43.7 Å². The lowest BCUT2D eigenvalue weighted by atomic mass is 9.88. The number of rotatable bonds is 8. The van der Waals surface area contributed by atoms with Crippen molar-refractivity contribution in [3.05, 3.63) is 35.4 Å². The molecule has 1 N–H and O–H groups in total. The quantitative estimate of drug-likeness (QED) is 0.725. The van der Waals surface area contributed by atoms with Crippen LogP contribution in [0.5, 0.6) is 0 Å². The molecular weight excluding hydrogens is 328 g/mol. The van der Waals surface area contributed by atoms with E-state index in [0.717, 1.165) is 12.0 Å². The first kappa shape index (κ1) is 20.4. The van der Waals surface area contributed by atoms with Crippen LogP contribution in [-0.2, 0) is 14.3 Å². The number of carbonyl (C=O) groups excluding carboxylic acids is 2. The Balaban J connectivity index is 2.10. The molecule has 0 aliphatic carbocycles. The van der Waals surface area contributed by atoms with Gasteiger partial charge in [0.1, 0.15) is 0 Å². The van der Waals surface area contributed by atoms with Crippen molar-refractivity contribution in [1.82, 2.24) is 10.2 Å². The number of amides is 2. The third kappa shape index (κ3) is 5.56. The number of aryl methyl sites for hydroxylation is 1. The molecule has 2 atom stereocenters. The Kier molecular flexibility index (Phi) is 7.64. The molecule has 26 heavy (non-hydrogen) atoms. The van der Waals surface area contributed by atoms with E-state index in [0.29, 0.717) is 38.6 Å². The van der Waals surface area contributed by atoms with E-state index in [1.165, 1.54) is 5.56 Å². The highest BCUT2D eigenvalue weighted by atomic mass is 16.5. The molecule has 1 fully saturated rings. The number of ether oxygens (including phenoxy) is 1. The van der Waals surface area contributed by atoms with Crippen molar-refractivity contribution in [2.45, 2.75) is 39.5 Å². The molecule has 0 bridgehead atoms. The van der Waals surface area contributed by atoms with Crippen LogP contribution in [0.4, 0.5) is 0 Å². The van der Waals surface area contributed by atoms with Gasteiger partial charge in [0.2, 0.25) is 11.8 Å². The van der Waals surface area contributed by atoms with E-state index >= 15 is 0 Å². The maximum Gasteiger partial charge on any atom is 0.225 e. The minimum Gasteiger partial charge on any atom is -0.385 e. The summed E-state index contributed by atoms with van der Waals surface area (Å²) in [6, 6.07) is 8.31. The lowest BCUT2D eigenvalue weighted by Crippen LogP contribution is -2.36. The number of methoxy groups -OCH3 is 1. The van der Waals surface area contributed by atoms with E-state index in [-0.39, 0.29) is 23.7 Å². The van der Waals surface area contributed by atoms with Crippen molar-refractivity contribution < 1.29 is 14.3 Å². The van der Waals surface area contributed by atoms with Gasteiger partial charge in [-0.2, -0.15) is 0 Å². The van der Waals surface area contributed by atoms with Crippen LogP contribution in [0.1, 0.15) is 43.7 Å². The van der Waals surface area contributed by atoms with Crippen LogP contribution in [-0.4, -0.2) is 50.1 Å². The van der Waals surface area contributed by atoms with Crippen molar-refractivity contribution in [2.75, 3.05) is 33.4 Å². The normalized spacial score (nSPS) is 19.8. The molecule has 5 heteroatoms. The van der Waals surface area contributed by atoms with E-state index in [1.807, 2.05) is 18.7 Å². The molecule has 2 amide bonds. The lowest BCUT2D eigenvalue weighted by Gasteiger charge is -2.18. The highest BCUT2D eigenvalue weighted by Gasteiger charge is 2.40. The molecule has 0 aromatic heterocycles. The molecule has 0 spiro atoms. The summed E-state index contributed by atoms with van der Waals surface area (Å²) in [7, 11) is 1.66. The topological polar surface area (TPSA) is 58.6 Å². The van der Waals surface area contributed by atoms with Crippen molar-refractivity contribution >= 4 is 11.8 Å². The summed E-state index contributed by atoms with van der Waals surface area (Å²) in [6.07, 6.45) is 1.32. The largest absolute Gasteiger partial charge is 0.385 e. The molecule has 1 aromatic rings. The third-order valence-electron chi connectivity index (χ3n) is 4.92. The highest BCUT2D eigenvalue weighted by molar-refractivity contribution is 5.83. The van der Waals surface area contributed by atoms with Crippen LogP contribution in [0, 0.1) is 18.8 Å². The second-order valence-corrected chi connectivity index (χ2v) is 7.66. The molecule has 0 saturated carbocycles. The zero-order valence-corrected chi connectivity index (χ0v) is 16.5. The fourth-order valence-corrected chi connectivity index (χ4v) is 3.46. The van der Waals surface area contributed by atoms with Crippen LogP contribution >= 0.6 is 0 Å². The molecule has 2 rings (SSSR count). The maximum atomic E-state index is 12.8. The molecule has 1 aliphatic rings. The minimum absolute atomic E-state index is 0.0338. The average Bonchev–Trinajstić information content (AvgIpc) is 3.04. The van der Waals surface area contributed by atoms with Gasteiger partial charge in [-0.25, -0.2) is 0 Å². The van der Waals surface area contributed by atoms with Gasteiger partial charge in [0, 0.05) is 45.7 Å². The predicted molar refractivity (Wildman–Crippen MR) is 103 cm³/mol. The summed E-state index contributed by atoms with van der Waals surface area (Å²) in [5.41, 5.74) is 2.33. The van der Waals surface area contributed by atoms with Crippen LogP contribution in [0.15, 0.2) is 24.3 Å². The van der Waals surface area contributed by atoms with Crippen molar-refractivity contribution in [3.63, 3.8) is 0 Å². The van der Waals surface area contributed by atoms with Gasteiger partial charge < -0.3 is 15.0 Å². The summed E-state index contributed by atoms with van der Waals surface area (Å²) in [4.78, 5) is 27.2. The Morgan fingerprint density at radius 1 is 1.23 bits per heavy atom. The van der Waals surface area contributed by atoms with Gasteiger partial charge in [-0.3, -0.25) is 9.59 Å². The standard InChI is InChI=1S/C21H32N2O3/c1-15(2)12-20(24)23-13-18(17-8-6-16(3)7-9-17)19(14-23)21(25)22-10-5-11-26-4/h6-9,15,18-19H,5,10-14H2,1-4H3,(H,22,25). The molecule has 5 nitrogen and oxygen atoms in total. The zero-order valence-electron chi connectivity index (χ0n) is 16.5. The Bertz CT molecular complexity index is 598. The number of benzene rings is 1. The summed E-state index contributed by atoms with van der Waals surface area (Å²) in [5, 5.41) is 3.01. The number of nitrogens with zero attached hydrogens (tertiary/aromatic N) is 1. The summed E-state index contributed by atoms with van der Waals surface area (Å²) in [6.45, 7) is 8.49. The van der Waals surface area contributed by atoms with E-state index in [9.17, 15) is 9.59 Å². The lowest BCUT2D eigenvalue weighted by molar-refractivity contribution is -0.131. The fraction of sp³-hybridized carbons (Fsp3) is 0.619. The van der Waals surface area contributed by atoms with Gasteiger partial charge >= 0.3 is 0 Å². The SMILES string of the molecule is COCCCNC(=O)C1CN(C(=O)CC(C)C)CC1c1ccc(C)cc1. The first-order chi connectivity index (χ1) is 12.4. The second-order valence-electron chi connectivity index (χ2n) is 7.66. The number of likely N-dealkylation sites (tertiary alicyclic amines) is 1. The van der Waals surface area contributed by atoms with Crippen LogP contribution in [0.25, 0.3) is 0 Å². The van der Waals surface area contributed by atoms with Crippen LogP contribution in [0.2, 0.25) is 0 Å². The van der Waals surface area contributed by atoms with Gasteiger partial charge in [-0.05, 0) is 24.8 Å². The van der Waals surface area contributed by atoms with Crippen molar-refractivity contribution in [2.24, 2.45) is 11.8 Å². The molecule has 1 aromatic carbocycles. The summed E-state index contributed by atoms with van der Waals surface area (Å²) >= 11 is 0. The van der Waals surface area contributed by atoms with E-state index in [1.54, 1.807) is 7.11 Å². The summed E-state index contributed by atoms with van der Waals surface area (Å²) < 4.78 is 5.03. The molecular formula is C21H32N2O3. The van der Waals surface area contributed by atoms with Gasteiger partial charge in [0.25, 0.3) is 0 Å². The molecule has 1 heterocycles. The van der Waals surface area contributed by atoms with Crippen molar-refractivity contribution in [3.8, 4) is 0 Å². The van der Waals surface area contributed by atoms with Crippen molar-refractivity contribution in [1.29, 1.82) is 0 Å². The monoisotopic (exact) mass is 360 g/mol. The Labute approximate surface area is 157 Å². The second kappa shape index (κ2) is 9.72. The molecule has 1 saturated heterocycles. The van der Waals surface area contributed by atoms with Crippen LogP contribution < -0.4 is 5.32 Å². The van der Waals surface area contributed by atoms with Gasteiger partial charge in [0.15, 0.2) is 0 Å². The number of hydrogen-bond acceptors (Lipinski definition) is 3. The van der Waals surface area contributed by atoms with Crippen LogP contribution in [0.3, 0.4) is 0 Å². The van der Waals surface area contributed by atoms with E-state index in [4.69, 9.17) is 4.74 Å². The van der Waals surface area contributed by atoms with Gasteiger partial charge in [0.05, 0.1) is 5.92 Å². The Morgan fingerprint density at radius 2 is 1.92 bits per heavy atom. The van der Waals surface area contributed by atoms with Gasteiger partial charge in [-0.15, -0.1) is 0 Å². The third-order valence-corrected chi connectivity index (χ3v) is 4.92.